The fraction of sp³-hybridized carbons (Fsp3) is 0.0952. The average Bonchev–Trinajstić information content (AvgIpc) is 3.27. The van der Waals surface area contributed by atoms with Gasteiger partial charge >= 0.3 is 0 Å². The van der Waals surface area contributed by atoms with Gasteiger partial charge in [-0.2, -0.15) is 5.10 Å². The van der Waals surface area contributed by atoms with Crippen LogP contribution in [0.3, 0.4) is 0 Å². The number of hydrogen-bond donors (Lipinski definition) is 2. The van der Waals surface area contributed by atoms with E-state index in [2.05, 4.69) is 15.8 Å². The second-order valence-electron chi connectivity index (χ2n) is 5.88. The maximum absolute atomic E-state index is 12.2. The summed E-state index contributed by atoms with van der Waals surface area (Å²) in [7, 11) is 1.55. The molecule has 0 fully saturated rings. The van der Waals surface area contributed by atoms with Crippen LogP contribution in [0.4, 0.5) is 5.69 Å². The number of thiophene rings is 1. The van der Waals surface area contributed by atoms with Crippen molar-refractivity contribution in [3.63, 3.8) is 0 Å². The Hall–Kier alpha value is -3.45. The first kappa shape index (κ1) is 19.3. The van der Waals surface area contributed by atoms with Crippen molar-refractivity contribution in [2.24, 2.45) is 5.10 Å². The quantitative estimate of drug-likeness (QED) is 0.487. The van der Waals surface area contributed by atoms with E-state index in [4.69, 9.17) is 4.74 Å². The molecule has 2 N–H and O–H groups in total. The van der Waals surface area contributed by atoms with Crippen LogP contribution in [0, 0.1) is 0 Å². The zero-order chi connectivity index (χ0) is 19.9. The lowest BCUT2D eigenvalue weighted by atomic mass is 10.1. The third-order valence-corrected chi connectivity index (χ3v) is 4.83. The number of ether oxygens (including phenoxy) is 1. The lowest BCUT2D eigenvalue weighted by Gasteiger charge is -2.07. The van der Waals surface area contributed by atoms with Crippen molar-refractivity contribution in [2.75, 3.05) is 12.4 Å². The van der Waals surface area contributed by atoms with Gasteiger partial charge in [-0.3, -0.25) is 9.59 Å². The number of rotatable bonds is 6. The number of hydrogen-bond acceptors (Lipinski definition) is 5. The summed E-state index contributed by atoms with van der Waals surface area (Å²) in [5.74, 6) is 0.144. The zero-order valence-corrected chi connectivity index (χ0v) is 16.2. The van der Waals surface area contributed by atoms with E-state index in [9.17, 15) is 9.59 Å². The van der Waals surface area contributed by atoms with Gasteiger partial charge in [0.25, 0.3) is 11.8 Å². The standard InChI is InChI=1S/C21H19N3O3S/c1-14(23-24-20(25)16-5-3-6-18(13-16)27-2)15-8-10-17(11-9-15)22-21(26)19-7-4-12-28-19/h3-13H,1-2H3,(H,22,26)(H,24,25). The lowest BCUT2D eigenvalue weighted by Crippen LogP contribution is -2.19. The number of methoxy groups -OCH3 is 1. The van der Waals surface area contributed by atoms with Crippen LogP contribution >= 0.6 is 11.3 Å². The van der Waals surface area contributed by atoms with Crippen LogP contribution in [-0.4, -0.2) is 24.6 Å². The van der Waals surface area contributed by atoms with Crippen molar-refractivity contribution < 1.29 is 14.3 Å². The molecule has 28 heavy (non-hydrogen) atoms. The molecule has 7 heteroatoms. The van der Waals surface area contributed by atoms with Crippen molar-refractivity contribution in [1.29, 1.82) is 0 Å². The molecular weight excluding hydrogens is 374 g/mol. The van der Waals surface area contributed by atoms with E-state index in [1.165, 1.54) is 11.3 Å². The largest absolute Gasteiger partial charge is 0.497 e. The smallest absolute Gasteiger partial charge is 0.271 e. The van der Waals surface area contributed by atoms with Crippen LogP contribution in [-0.2, 0) is 0 Å². The van der Waals surface area contributed by atoms with E-state index in [0.29, 0.717) is 27.6 Å². The molecule has 0 atom stereocenters. The van der Waals surface area contributed by atoms with Crippen molar-refractivity contribution in [3.05, 3.63) is 82.0 Å². The van der Waals surface area contributed by atoms with Crippen LogP contribution in [0.2, 0.25) is 0 Å². The van der Waals surface area contributed by atoms with Crippen molar-refractivity contribution in [1.82, 2.24) is 5.43 Å². The number of carbonyl (C=O) groups excluding carboxylic acids is 2. The molecule has 0 aliphatic carbocycles. The zero-order valence-electron chi connectivity index (χ0n) is 15.4. The van der Waals surface area contributed by atoms with Crippen LogP contribution in [0.1, 0.15) is 32.5 Å². The highest BCUT2D eigenvalue weighted by atomic mass is 32.1. The van der Waals surface area contributed by atoms with E-state index < -0.39 is 0 Å². The van der Waals surface area contributed by atoms with E-state index in [0.717, 1.165) is 5.56 Å². The number of nitrogens with zero attached hydrogens (tertiary/aromatic N) is 1. The molecule has 2 amide bonds. The summed E-state index contributed by atoms with van der Waals surface area (Å²) in [5, 5.41) is 8.85. The summed E-state index contributed by atoms with van der Waals surface area (Å²) in [6, 6.07) is 17.7. The van der Waals surface area contributed by atoms with Gasteiger partial charge in [-0.05, 0) is 54.3 Å². The Labute approximate surface area is 166 Å². The van der Waals surface area contributed by atoms with Gasteiger partial charge in [0, 0.05) is 11.3 Å². The highest BCUT2D eigenvalue weighted by molar-refractivity contribution is 7.12. The molecule has 0 bridgehead atoms. The monoisotopic (exact) mass is 393 g/mol. The Morgan fingerprint density at radius 2 is 1.75 bits per heavy atom. The van der Waals surface area contributed by atoms with Gasteiger partial charge in [-0.15, -0.1) is 11.3 Å². The second kappa shape index (κ2) is 8.96. The third-order valence-electron chi connectivity index (χ3n) is 3.96. The molecule has 6 nitrogen and oxygen atoms in total. The molecule has 1 aromatic heterocycles. The summed E-state index contributed by atoms with van der Waals surface area (Å²) in [6.07, 6.45) is 0. The fourth-order valence-electron chi connectivity index (χ4n) is 2.42. The molecule has 0 saturated heterocycles. The van der Waals surface area contributed by atoms with Gasteiger partial charge < -0.3 is 10.1 Å². The molecule has 0 unspecified atom stereocenters. The molecule has 2 aromatic carbocycles. The van der Waals surface area contributed by atoms with E-state index in [1.807, 2.05) is 23.6 Å². The number of carbonyl (C=O) groups is 2. The number of amides is 2. The fourth-order valence-corrected chi connectivity index (χ4v) is 3.04. The van der Waals surface area contributed by atoms with Gasteiger partial charge in [0.05, 0.1) is 17.7 Å². The Bertz CT molecular complexity index is 996. The second-order valence-corrected chi connectivity index (χ2v) is 6.83. The first-order valence-corrected chi connectivity index (χ1v) is 9.39. The Kier molecular flexibility index (Phi) is 6.18. The predicted molar refractivity (Wildman–Crippen MR) is 111 cm³/mol. The van der Waals surface area contributed by atoms with Crippen molar-refractivity contribution in [2.45, 2.75) is 6.92 Å². The minimum atomic E-state index is -0.321. The molecule has 0 radical (unpaired) electrons. The lowest BCUT2D eigenvalue weighted by molar-refractivity contribution is 0.0953. The number of hydrazone groups is 1. The summed E-state index contributed by atoms with van der Waals surface area (Å²) >= 11 is 1.39. The number of anilines is 1. The molecule has 3 aromatic rings. The van der Waals surface area contributed by atoms with E-state index in [1.54, 1.807) is 56.5 Å². The molecule has 0 spiro atoms. The third kappa shape index (κ3) is 4.83. The molecule has 142 valence electrons. The van der Waals surface area contributed by atoms with Crippen LogP contribution in [0.25, 0.3) is 0 Å². The van der Waals surface area contributed by atoms with Gasteiger partial charge in [-0.1, -0.05) is 24.3 Å². The minimum absolute atomic E-state index is 0.140. The maximum Gasteiger partial charge on any atom is 0.271 e. The first-order valence-electron chi connectivity index (χ1n) is 8.51. The van der Waals surface area contributed by atoms with E-state index >= 15 is 0 Å². The maximum atomic E-state index is 12.2. The molecule has 1 heterocycles. The van der Waals surface area contributed by atoms with Gasteiger partial charge in [0.1, 0.15) is 5.75 Å². The normalized spacial score (nSPS) is 11.0. The summed E-state index contributed by atoms with van der Waals surface area (Å²) in [5.41, 5.74) is 5.17. The predicted octanol–water partition coefficient (Wildman–Crippen LogP) is 4.16. The summed E-state index contributed by atoms with van der Waals surface area (Å²) in [4.78, 5) is 24.9. The number of benzene rings is 2. The van der Waals surface area contributed by atoms with Crippen molar-refractivity contribution in [3.8, 4) is 5.75 Å². The molecule has 3 rings (SSSR count). The van der Waals surface area contributed by atoms with Gasteiger partial charge in [-0.25, -0.2) is 5.43 Å². The van der Waals surface area contributed by atoms with Crippen LogP contribution < -0.4 is 15.5 Å². The van der Waals surface area contributed by atoms with Gasteiger partial charge in [0.2, 0.25) is 0 Å². The summed E-state index contributed by atoms with van der Waals surface area (Å²) in [6.45, 7) is 1.80. The summed E-state index contributed by atoms with van der Waals surface area (Å²) < 4.78 is 5.12. The first-order chi connectivity index (χ1) is 13.6. The molecule has 0 aliphatic heterocycles. The molecule has 0 saturated carbocycles. The Morgan fingerprint density at radius 1 is 0.964 bits per heavy atom. The van der Waals surface area contributed by atoms with Crippen LogP contribution in [0.15, 0.2) is 71.1 Å². The van der Waals surface area contributed by atoms with Crippen molar-refractivity contribution >= 4 is 34.6 Å². The topological polar surface area (TPSA) is 79.8 Å². The van der Waals surface area contributed by atoms with Gasteiger partial charge in [0.15, 0.2) is 0 Å². The van der Waals surface area contributed by atoms with Crippen LogP contribution in [0.5, 0.6) is 5.75 Å². The molecule has 0 aliphatic rings. The molecular formula is C21H19N3O3S. The Morgan fingerprint density at radius 3 is 2.43 bits per heavy atom. The minimum Gasteiger partial charge on any atom is -0.497 e. The number of nitrogens with one attached hydrogen (secondary N) is 2. The van der Waals surface area contributed by atoms with E-state index in [-0.39, 0.29) is 11.8 Å². The average molecular weight is 393 g/mol. The highest BCUT2D eigenvalue weighted by Crippen LogP contribution is 2.15. The Balaban J connectivity index is 1.62. The SMILES string of the molecule is COc1cccc(C(=O)NN=C(C)c2ccc(NC(=O)c3cccs3)cc2)c1. The highest BCUT2D eigenvalue weighted by Gasteiger charge is 2.08.